The molecule has 0 unspecified atom stereocenters. The van der Waals surface area contributed by atoms with Gasteiger partial charge in [0.1, 0.15) is 0 Å². The van der Waals surface area contributed by atoms with Crippen molar-refractivity contribution >= 4 is 5.97 Å². The molecular weight excluding hydrogens is 338 g/mol. The molecule has 0 aliphatic heterocycles. The summed E-state index contributed by atoms with van der Waals surface area (Å²) in [6.45, 7) is 12.2. The third kappa shape index (κ3) is 30.3. The minimum Gasteiger partial charge on any atom is -0.481 e. The average Bonchev–Trinajstić information content (AvgIpc) is 2.63. The fourth-order valence-corrected chi connectivity index (χ4v) is 3.03. The van der Waals surface area contributed by atoms with Crippen LogP contribution in [0.2, 0.25) is 0 Å². The van der Waals surface area contributed by atoms with Gasteiger partial charge in [-0.3, -0.25) is 4.79 Å². The van der Waals surface area contributed by atoms with Gasteiger partial charge < -0.3 is 21.1 Å². The molecule has 5 heteroatoms. The van der Waals surface area contributed by atoms with Gasteiger partial charge in [-0.05, 0) is 25.9 Å². The molecule has 0 aliphatic carbocycles. The van der Waals surface area contributed by atoms with Crippen LogP contribution in [0.15, 0.2) is 0 Å². The van der Waals surface area contributed by atoms with Crippen LogP contribution in [-0.2, 0) is 4.79 Å². The van der Waals surface area contributed by atoms with E-state index in [1.165, 1.54) is 96.7 Å². The summed E-state index contributed by atoms with van der Waals surface area (Å²) in [5.74, 6) is -0.833. The molecule has 0 saturated carbocycles. The van der Waals surface area contributed by atoms with Crippen LogP contribution in [-0.4, -0.2) is 55.2 Å². The minimum absolute atomic E-state index is 0.745. The van der Waals surface area contributed by atoms with E-state index in [-0.39, 0.29) is 0 Å². The van der Waals surface area contributed by atoms with E-state index in [0.717, 1.165) is 26.6 Å². The summed E-state index contributed by atoms with van der Waals surface area (Å²) >= 11 is 0. The Labute approximate surface area is 169 Å². The number of nitrogens with one attached hydrogen (secondary N) is 1. The maximum atomic E-state index is 9.00. The van der Waals surface area contributed by atoms with Gasteiger partial charge in [0, 0.05) is 33.1 Å². The molecule has 0 fully saturated rings. The standard InChI is InChI=1S/C20H45N3.C2H4O2/c1-3-5-7-9-11-13-18-23(20-17-22-16-15-21)19-14-12-10-8-6-4-2;1-2(3)4/h22H,3-21H2,1-2H3;1H3,(H,3,4). The molecule has 164 valence electrons. The predicted molar refractivity (Wildman–Crippen MR) is 118 cm³/mol. The summed E-state index contributed by atoms with van der Waals surface area (Å²) in [7, 11) is 0. The molecule has 0 amide bonds. The number of carboxylic acids is 1. The zero-order chi connectivity index (χ0) is 20.6. The van der Waals surface area contributed by atoms with Crippen molar-refractivity contribution in [2.75, 3.05) is 39.3 Å². The van der Waals surface area contributed by atoms with E-state index in [1.807, 2.05) is 0 Å². The summed E-state index contributed by atoms with van der Waals surface area (Å²) in [6.07, 6.45) is 16.7. The molecule has 27 heavy (non-hydrogen) atoms. The monoisotopic (exact) mass is 387 g/mol. The van der Waals surface area contributed by atoms with Crippen LogP contribution in [0.25, 0.3) is 0 Å². The number of rotatable bonds is 19. The smallest absolute Gasteiger partial charge is 0.300 e. The van der Waals surface area contributed by atoms with Gasteiger partial charge >= 0.3 is 0 Å². The van der Waals surface area contributed by atoms with Crippen LogP contribution in [0.1, 0.15) is 97.8 Å². The van der Waals surface area contributed by atoms with Gasteiger partial charge in [0.25, 0.3) is 5.97 Å². The second-order valence-corrected chi connectivity index (χ2v) is 7.43. The highest BCUT2D eigenvalue weighted by atomic mass is 16.4. The lowest BCUT2D eigenvalue weighted by Crippen LogP contribution is -2.35. The molecule has 0 aliphatic rings. The fourth-order valence-electron chi connectivity index (χ4n) is 3.03. The summed E-state index contributed by atoms with van der Waals surface area (Å²) < 4.78 is 0. The van der Waals surface area contributed by atoms with Crippen molar-refractivity contribution in [2.24, 2.45) is 5.73 Å². The van der Waals surface area contributed by atoms with Gasteiger partial charge in [-0.2, -0.15) is 0 Å². The Morgan fingerprint density at radius 2 is 1.19 bits per heavy atom. The fraction of sp³-hybridized carbons (Fsp3) is 0.955. The Morgan fingerprint density at radius 1 is 0.778 bits per heavy atom. The molecule has 0 bridgehead atoms. The highest BCUT2D eigenvalue weighted by Crippen LogP contribution is 2.08. The summed E-state index contributed by atoms with van der Waals surface area (Å²) in [5.41, 5.74) is 5.55. The van der Waals surface area contributed by atoms with Crippen LogP contribution in [0.4, 0.5) is 0 Å². The normalized spacial score (nSPS) is 10.7. The lowest BCUT2D eigenvalue weighted by molar-refractivity contribution is -0.134. The number of hydrogen-bond acceptors (Lipinski definition) is 4. The van der Waals surface area contributed by atoms with E-state index in [0.29, 0.717) is 0 Å². The molecule has 0 aromatic rings. The van der Waals surface area contributed by atoms with Gasteiger partial charge in [-0.25, -0.2) is 0 Å². The van der Waals surface area contributed by atoms with Gasteiger partial charge in [-0.1, -0.05) is 78.1 Å². The highest BCUT2D eigenvalue weighted by Gasteiger charge is 2.04. The molecule has 0 heterocycles. The molecule has 0 aromatic carbocycles. The third-order valence-corrected chi connectivity index (χ3v) is 4.58. The number of carboxylic acid groups (broad SMARTS) is 1. The highest BCUT2D eigenvalue weighted by molar-refractivity contribution is 5.62. The topological polar surface area (TPSA) is 78.6 Å². The number of carbonyl (C=O) groups is 1. The molecule has 0 aromatic heterocycles. The SMILES string of the molecule is CC(=O)O.CCCCCCCCN(CCCCCCCC)CCNCCN. The molecule has 0 spiro atoms. The molecule has 5 nitrogen and oxygen atoms in total. The first kappa shape index (κ1) is 28.6. The lowest BCUT2D eigenvalue weighted by atomic mass is 10.1. The maximum absolute atomic E-state index is 9.00. The first-order valence-corrected chi connectivity index (χ1v) is 11.4. The van der Waals surface area contributed by atoms with Gasteiger partial charge in [-0.15, -0.1) is 0 Å². The van der Waals surface area contributed by atoms with Gasteiger partial charge in [0.15, 0.2) is 0 Å². The lowest BCUT2D eigenvalue weighted by Gasteiger charge is -2.22. The van der Waals surface area contributed by atoms with Gasteiger partial charge in [0.2, 0.25) is 0 Å². The van der Waals surface area contributed by atoms with Crippen LogP contribution < -0.4 is 11.1 Å². The molecule has 0 saturated heterocycles. The summed E-state index contributed by atoms with van der Waals surface area (Å²) in [5, 5.41) is 10.9. The van der Waals surface area contributed by atoms with Crippen molar-refractivity contribution in [2.45, 2.75) is 97.8 Å². The second kappa shape index (κ2) is 25.4. The van der Waals surface area contributed by atoms with Crippen LogP contribution in [0, 0.1) is 0 Å². The van der Waals surface area contributed by atoms with Crippen LogP contribution >= 0.6 is 0 Å². The number of unbranched alkanes of at least 4 members (excludes halogenated alkanes) is 10. The van der Waals surface area contributed by atoms with E-state index >= 15 is 0 Å². The van der Waals surface area contributed by atoms with Crippen LogP contribution in [0.5, 0.6) is 0 Å². The Balaban J connectivity index is 0. The van der Waals surface area contributed by atoms with E-state index in [4.69, 9.17) is 15.6 Å². The molecule has 0 atom stereocenters. The largest absolute Gasteiger partial charge is 0.481 e. The van der Waals surface area contributed by atoms with Crippen molar-refractivity contribution in [1.29, 1.82) is 0 Å². The van der Waals surface area contributed by atoms with E-state index < -0.39 is 5.97 Å². The number of hydrogen-bond donors (Lipinski definition) is 3. The van der Waals surface area contributed by atoms with Crippen LogP contribution in [0.3, 0.4) is 0 Å². The Bertz CT molecular complexity index is 269. The van der Waals surface area contributed by atoms with Crippen molar-refractivity contribution in [3.8, 4) is 0 Å². The molecular formula is C22H49N3O2. The quantitative estimate of drug-likeness (QED) is 0.281. The second-order valence-electron chi connectivity index (χ2n) is 7.43. The average molecular weight is 388 g/mol. The molecule has 0 radical (unpaired) electrons. The Morgan fingerprint density at radius 3 is 1.59 bits per heavy atom. The molecule has 0 rings (SSSR count). The summed E-state index contributed by atoms with van der Waals surface area (Å²) in [6, 6.07) is 0. The van der Waals surface area contributed by atoms with Crippen molar-refractivity contribution in [1.82, 2.24) is 10.2 Å². The first-order chi connectivity index (χ1) is 13.1. The van der Waals surface area contributed by atoms with E-state index in [2.05, 4.69) is 24.1 Å². The molecule has 4 N–H and O–H groups in total. The Kier molecular flexibility index (Phi) is 26.8. The zero-order valence-corrected chi connectivity index (χ0v) is 18.6. The number of aliphatic carboxylic acids is 1. The third-order valence-electron chi connectivity index (χ3n) is 4.58. The zero-order valence-electron chi connectivity index (χ0n) is 18.6. The summed E-state index contributed by atoms with van der Waals surface area (Å²) in [4.78, 5) is 11.7. The Hall–Kier alpha value is -0.650. The maximum Gasteiger partial charge on any atom is 0.300 e. The van der Waals surface area contributed by atoms with Crippen molar-refractivity contribution in [3.05, 3.63) is 0 Å². The number of nitrogens with zero attached hydrogens (tertiary/aromatic N) is 1. The predicted octanol–water partition coefficient (Wildman–Crippen LogP) is 4.65. The van der Waals surface area contributed by atoms with E-state index in [1.54, 1.807) is 0 Å². The van der Waals surface area contributed by atoms with E-state index in [9.17, 15) is 0 Å². The van der Waals surface area contributed by atoms with Crippen molar-refractivity contribution in [3.63, 3.8) is 0 Å². The first-order valence-electron chi connectivity index (χ1n) is 11.4. The van der Waals surface area contributed by atoms with Crippen molar-refractivity contribution < 1.29 is 9.90 Å². The number of nitrogens with two attached hydrogens (primary N) is 1. The van der Waals surface area contributed by atoms with Gasteiger partial charge in [0.05, 0.1) is 0 Å². The minimum atomic E-state index is -0.833.